The van der Waals surface area contributed by atoms with Crippen LogP contribution in [0.2, 0.25) is 0 Å². The zero-order valence-electron chi connectivity index (χ0n) is 22.1. The largest absolute Gasteiger partial charge is 0.378 e. The van der Waals surface area contributed by atoms with Crippen molar-refractivity contribution >= 4 is 11.4 Å². The van der Waals surface area contributed by atoms with Crippen molar-refractivity contribution in [1.82, 2.24) is 19.8 Å². The molecule has 1 aromatic heterocycles. The molecule has 4 rings (SSSR count). The van der Waals surface area contributed by atoms with Gasteiger partial charge in [-0.1, -0.05) is 49.0 Å². The molecule has 1 heterocycles. The first kappa shape index (κ1) is 25.0. The van der Waals surface area contributed by atoms with E-state index in [4.69, 9.17) is 4.98 Å². The van der Waals surface area contributed by atoms with E-state index >= 15 is 0 Å². The Morgan fingerprint density at radius 3 is 2.37 bits per heavy atom. The van der Waals surface area contributed by atoms with Crippen LogP contribution in [0, 0.1) is 5.92 Å². The third-order valence-electron chi connectivity index (χ3n) is 7.37. The summed E-state index contributed by atoms with van der Waals surface area (Å²) in [5.41, 5.74) is 7.52. The summed E-state index contributed by atoms with van der Waals surface area (Å²) in [5.74, 6) is 2.17. The average molecular weight is 473 g/mol. The van der Waals surface area contributed by atoms with Crippen molar-refractivity contribution in [3.63, 3.8) is 0 Å². The molecule has 1 aromatic rings. The van der Waals surface area contributed by atoms with E-state index in [9.17, 15) is 4.79 Å². The van der Waals surface area contributed by atoms with Gasteiger partial charge >= 0.3 is 0 Å². The maximum Gasteiger partial charge on any atom is 0.133 e. The van der Waals surface area contributed by atoms with E-state index in [1.807, 2.05) is 0 Å². The second-order valence-electron chi connectivity index (χ2n) is 10.6. The highest BCUT2D eigenvalue weighted by Crippen LogP contribution is 2.39. The molecule has 3 atom stereocenters. The van der Waals surface area contributed by atoms with E-state index in [0.717, 1.165) is 31.5 Å². The van der Waals surface area contributed by atoms with Crippen LogP contribution in [0.1, 0.15) is 75.0 Å². The molecule has 186 valence electrons. The maximum absolute atomic E-state index is 11.4. The van der Waals surface area contributed by atoms with Crippen molar-refractivity contribution in [2.45, 2.75) is 57.8 Å². The molecule has 0 bridgehead atoms. The van der Waals surface area contributed by atoms with Gasteiger partial charge in [-0.25, -0.2) is 4.98 Å². The number of carbonyl (C=O) groups is 1. The molecule has 0 saturated heterocycles. The van der Waals surface area contributed by atoms with Gasteiger partial charge < -0.3 is 19.6 Å². The molecule has 35 heavy (non-hydrogen) atoms. The Kier molecular flexibility index (Phi) is 7.63. The molecule has 5 nitrogen and oxygen atoms in total. The lowest BCUT2D eigenvalue weighted by molar-refractivity contribution is -0.116. The number of likely N-dealkylation sites (N-methyl/N-ethyl adjacent to an activating group) is 2. The number of Topliss-reactive ketones (excluding diaryl/α,β-unsaturated/α-hetero) is 1. The van der Waals surface area contributed by atoms with Crippen molar-refractivity contribution in [2.75, 3.05) is 28.2 Å². The fourth-order valence-corrected chi connectivity index (χ4v) is 5.12. The van der Waals surface area contributed by atoms with Gasteiger partial charge in [0.1, 0.15) is 11.6 Å². The molecule has 3 aliphatic carbocycles. The van der Waals surface area contributed by atoms with Gasteiger partial charge in [-0.05, 0) is 56.3 Å². The van der Waals surface area contributed by atoms with Crippen LogP contribution in [0.15, 0.2) is 65.6 Å². The Bertz CT molecular complexity index is 1140. The van der Waals surface area contributed by atoms with Crippen molar-refractivity contribution in [2.24, 2.45) is 5.92 Å². The number of imidazole rings is 1. The number of carbonyl (C=O) groups excluding carboxylic acids is 1. The molecule has 0 radical (unpaired) electrons. The topological polar surface area (TPSA) is 52.2 Å². The van der Waals surface area contributed by atoms with Crippen LogP contribution in [0.5, 0.6) is 0 Å². The Morgan fingerprint density at radius 1 is 1.06 bits per heavy atom. The lowest BCUT2D eigenvalue weighted by atomic mass is 9.82. The molecule has 0 aromatic carbocycles. The fraction of sp³-hybridized carbons (Fsp3) is 0.467. The molecule has 1 N–H and O–H groups in total. The molecule has 0 aliphatic heterocycles. The molecule has 5 heteroatoms. The number of allylic oxidation sites excluding steroid dienone is 10. The summed E-state index contributed by atoms with van der Waals surface area (Å²) in [6, 6.07) is 0. The number of rotatable bonds is 8. The van der Waals surface area contributed by atoms with Gasteiger partial charge in [0.25, 0.3) is 0 Å². The van der Waals surface area contributed by atoms with Gasteiger partial charge in [0.05, 0.1) is 5.69 Å². The highest BCUT2D eigenvalue weighted by Gasteiger charge is 2.29. The van der Waals surface area contributed by atoms with Gasteiger partial charge in [0, 0.05) is 63.5 Å². The molecule has 0 amide bonds. The number of aromatic nitrogens is 2. The minimum atomic E-state index is 0.258. The third kappa shape index (κ3) is 5.77. The Hall–Kier alpha value is -3.08. The Balaban J connectivity index is 1.65. The smallest absolute Gasteiger partial charge is 0.133 e. The lowest BCUT2D eigenvalue weighted by Gasteiger charge is -2.27. The number of ketones is 1. The summed E-state index contributed by atoms with van der Waals surface area (Å²) < 4.78 is 0. The van der Waals surface area contributed by atoms with Crippen molar-refractivity contribution in [3.8, 4) is 0 Å². The molecular formula is C30H40N4O. The highest BCUT2D eigenvalue weighted by molar-refractivity contribution is 5.75. The van der Waals surface area contributed by atoms with Crippen LogP contribution >= 0.6 is 0 Å². The molecule has 3 aliphatic rings. The van der Waals surface area contributed by atoms with E-state index in [0.29, 0.717) is 12.3 Å². The SMILES string of the molecule is CC(=O)CCC1=CC=C(c2nc(C3C=CC(N(C)C)=CC3)c(C3C=CC(N(C)C)=CC3C)[nH]2)CC1. The van der Waals surface area contributed by atoms with E-state index in [1.165, 1.54) is 33.9 Å². The van der Waals surface area contributed by atoms with E-state index in [-0.39, 0.29) is 17.6 Å². The molecule has 0 fully saturated rings. The van der Waals surface area contributed by atoms with E-state index < -0.39 is 0 Å². The summed E-state index contributed by atoms with van der Waals surface area (Å²) >= 11 is 0. The standard InChI is InChI=1S/C30H40N4O/c1-20-19-26(34(5)6)17-18-27(20)29-28(23-13-15-25(16-14-23)33(3)4)31-30(32-29)24-11-9-22(10-12-24)8-7-21(2)35/h9,11,13,15-20,23,27H,7-8,10,12,14H2,1-6H3,(H,31,32). The summed E-state index contributed by atoms with van der Waals surface area (Å²) in [4.78, 5) is 24.7. The molecule has 0 saturated carbocycles. The van der Waals surface area contributed by atoms with Gasteiger partial charge in [-0.2, -0.15) is 0 Å². The second-order valence-corrected chi connectivity index (χ2v) is 10.6. The van der Waals surface area contributed by atoms with Crippen LogP contribution in [0.3, 0.4) is 0 Å². The van der Waals surface area contributed by atoms with Crippen molar-refractivity contribution < 1.29 is 4.79 Å². The summed E-state index contributed by atoms with van der Waals surface area (Å²) in [6.45, 7) is 3.97. The molecular weight excluding hydrogens is 432 g/mol. The molecule has 3 unspecified atom stereocenters. The van der Waals surface area contributed by atoms with Gasteiger partial charge in [-0.3, -0.25) is 0 Å². The minimum Gasteiger partial charge on any atom is -0.378 e. The molecule has 0 spiro atoms. The summed E-state index contributed by atoms with van der Waals surface area (Å²) in [7, 11) is 8.37. The first-order valence-electron chi connectivity index (χ1n) is 12.8. The Morgan fingerprint density at radius 2 is 1.80 bits per heavy atom. The van der Waals surface area contributed by atoms with Crippen molar-refractivity contribution in [3.05, 3.63) is 82.8 Å². The average Bonchev–Trinajstić information content (AvgIpc) is 3.28. The number of nitrogens with zero attached hydrogens (tertiary/aromatic N) is 3. The maximum atomic E-state index is 11.4. The Labute approximate surface area is 210 Å². The van der Waals surface area contributed by atoms with Gasteiger partial charge in [-0.15, -0.1) is 0 Å². The zero-order chi connectivity index (χ0) is 25.1. The summed E-state index contributed by atoms with van der Waals surface area (Å²) in [6.07, 6.45) is 22.6. The number of nitrogens with one attached hydrogen (secondary N) is 1. The summed E-state index contributed by atoms with van der Waals surface area (Å²) in [5, 5.41) is 0. The zero-order valence-corrected chi connectivity index (χ0v) is 22.1. The van der Waals surface area contributed by atoms with E-state index in [1.54, 1.807) is 6.92 Å². The van der Waals surface area contributed by atoms with Crippen LogP contribution in [0.4, 0.5) is 0 Å². The fourth-order valence-electron chi connectivity index (χ4n) is 5.12. The van der Waals surface area contributed by atoms with Crippen LogP contribution in [-0.4, -0.2) is 53.7 Å². The number of aromatic amines is 1. The normalized spacial score (nSPS) is 23.9. The minimum absolute atomic E-state index is 0.258. The monoisotopic (exact) mass is 472 g/mol. The van der Waals surface area contributed by atoms with Gasteiger partial charge in [0.15, 0.2) is 0 Å². The second kappa shape index (κ2) is 10.7. The van der Waals surface area contributed by atoms with Gasteiger partial charge in [0.2, 0.25) is 0 Å². The number of hydrogen-bond acceptors (Lipinski definition) is 4. The first-order valence-corrected chi connectivity index (χ1v) is 12.8. The first-order chi connectivity index (χ1) is 16.7. The van der Waals surface area contributed by atoms with E-state index in [2.05, 4.69) is 98.5 Å². The van der Waals surface area contributed by atoms with Crippen LogP contribution in [-0.2, 0) is 4.79 Å². The third-order valence-corrected chi connectivity index (χ3v) is 7.37. The van der Waals surface area contributed by atoms with Crippen LogP contribution in [0.25, 0.3) is 5.57 Å². The predicted molar refractivity (Wildman–Crippen MR) is 145 cm³/mol. The highest BCUT2D eigenvalue weighted by atomic mass is 16.1. The lowest BCUT2D eigenvalue weighted by Crippen LogP contribution is -2.18. The van der Waals surface area contributed by atoms with Crippen molar-refractivity contribution in [1.29, 1.82) is 0 Å². The van der Waals surface area contributed by atoms with Crippen LogP contribution < -0.4 is 0 Å². The predicted octanol–water partition coefficient (Wildman–Crippen LogP) is 6.11. The quantitative estimate of drug-likeness (QED) is 0.496. The number of H-pyrrole nitrogens is 1. The number of hydrogen-bond donors (Lipinski definition) is 1.